The summed E-state index contributed by atoms with van der Waals surface area (Å²) in [5, 5.41) is 22.0. The molecule has 0 aliphatic rings. The Bertz CT molecular complexity index is 1280. The number of aliphatic hydroxyl groups is 1. The molecule has 3 N–H and O–H groups in total. The number of aromatic nitrogens is 2. The second-order valence-electron chi connectivity index (χ2n) is 7.71. The van der Waals surface area contributed by atoms with Gasteiger partial charge in [0.05, 0.1) is 30.8 Å². The molecule has 3 aromatic rings. The van der Waals surface area contributed by atoms with Crippen molar-refractivity contribution in [2.75, 3.05) is 19.0 Å². The van der Waals surface area contributed by atoms with Crippen LogP contribution in [0.15, 0.2) is 29.2 Å². The average molecular weight is 465 g/mol. The lowest BCUT2D eigenvalue weighted by molar-refractivity contribution is 0.0694. The molecule has 0 bridgehead atoms. The fourth-order valence-corrected chi connectivity index (χ4v) is 3.49. The Hall–Kier alpha value is -3.60. The minimum absolute atomic E-state index is 0.0311. The summed E-state index contributed by atoms with van der Waals surface area (Å²) in [5.41, 5.74) is -1.52. The summed E-state index contributed by atoms with van der Waals surface area (Å²) in [5.74, 6) is -5.19. The van der Waals surface area contributed by atoms with Crippen LogP contribution in [0.4, 0.5) is 18.9 Å². The van der Waals surface area contributed by atoms with Crippen molar-refractivity contribution >= 4 is 22.7 Å². The monoisotopic (exact) mass is 465 g/mol. The lowest BCUT2D eigenvalue weighted by Gasteiger charge is -2.24. The topological polar surface area (TPSA) is 114 Å². The number of carbonyl (C=O) groups is 1. The van der Waals surface area contributed by atoms with Crippen molar-refractivity contribution in [3.63, 3.8) is 0 Å². The number of fused-ring (bicyclic) bond motifs is 1. The molecule has 176 valence electrons. The SMILES string of the molecule is COc1nc2c(cc1NCc1cc(F)cc(F)c1F)c(=O)c(C(=O)O)cn2C(CO)C(C)C. The number of rotatable bonds is 8. The van der Waals surface area contributed by atoms with E-state index in [1.54, 1.807) is 0 Å². The minimum Gasteiger partial charge on any atom is -0.479 e. The second kappa shape index (κ2) is 9.49. The van der Waals surface area contributed by atoms with Crippen molar-refractivity contribution in [3.05, 3.63) is 63.2 Å². The zero-order chi connectivity index (χ0) is 24.4. The van der Waals surface area contributed by atoms with E-state index in [9.17, 15) is 33.0 Å². The third-order valence-electron chi connectivity index (χ3n) is 5.24. The maximum atomic E-state index is 14.0. The number of aliphatic hydroxyl groups excluding tert-OH is 1. The van der Waals surface area contributed by atoms with Gasteiger partial charge in [-0.1, -0.05) is 13.8 Å². The van der Waals surface area contributed by atoms with Crippen molar-refractivity contribution < 1.29 is 32.9 Å². The van der Waals surface area contributed by atoms with Gasteiger partial charge in [0.25, 0.3) is 0 Å². The number of nitrogens with one attached hydrogen (secondary N) is 1. The molecule has 0 saturated heterocycles. The molecular formula is C22H22F3N3O5. The van der Waals surface area contributed by atoms with Gasteiger partial charge in [-0.05, 0) is 18.1 Å². The van der Waals surface area contributed by atoms with Crippen LogP contribution in [-0.4, -0.2) is 39.5 Å². The van der Waals surface area contributed by atoms with Crippen molar-refractivity contribution in [2.45, 2.75) is 26.4 Å². The summed E-state index contributed by atoms with van der Waals surface area (Å²) in [7, 11) is 1.29. The van der Waals surface area contributed by atoms with E-state index in [1.165, 1.54) is 17.7 Å². The molecule has 2 heterocycles. The molecule has 8 nitrogen and oxygen atoms in total. The molecule has 33 heavy (non-hydrogen) atoms. The van der Waals surface area contributed by atoms with E-state index < -0.39 is 40.5 Å². The van der Waals surface area contributed by atoms with Gasteiger partial charge >= 0.3 is 5.97 Å². The maximum absolute atomic E-state index is 14.0. The Kier molecular flexibility index (Phi) is 6.92. The molecule has 0 amide bonds. The van der Waals surface area contributed by atoms with Crippen LogP contribution in [0.3, 0.4) is 0 Å². The highest BCUT2D eigenvalue weighted by Crippen LogP contribution is 2.29. The van der Waals surface area contributed by atoms with Gasteiger partial charge in [-0.25, -0.2) is 18.0 Å². The normalized spacial score (nSPS) is 12.2. The second-order valence-corrected chi connectivity index (χ2v) is 7.71. The summed E-state index contributed by atoms with van der Waals surface area (Å²) in [4.78, 5) is 28.8. The highest BCUT2D eigenvalue weighted by molar-refractivity contribution is 5.93. The van der Waals surface area contributed by atoms with Gasteiger partial charge in [-0.2, -0.15) is 4.98 Å². The zero-order valence-electron chi connectivity index (χ0n) is 18.0. The average Bonchev–Trinajstić information content (AvgIpc) is 2.76. The predicted molar refractivity (Wildman–Crippen MR) is 114 cm³/mol. The number of ether oxygens (including phenoxy) is 1. The number of aromatic carboxylic acids is 1. The molecule has 1 atom stereocenters. The van der Waals surface area contributed by atoms with Gasteiger partial charge in [0.15, 0.2) is 11.6 Å². The Morgan fingerprint density at radius 3 is 2.52 bits per heavy atom. The maximum Gasteiger partial charge on any atom is 0.341 e. The molecule has 0 fully saturated rings. The number of carboxylic acid groups (broad SMARTS) is 1. The number of hydrogen-bond donors (Lipinski definition) is 3. The van der Waals surface area contributed by atoms with Gasteiger partial charge in [0, 0.05) is 24.4 Å². The number of nitrogens with zero attached hydrogens (tertiary/aromatic N) is 2. The minimum atomic E-state index is -1.46. The number of halogens is 3. The molecule has 0 radical (unpaired) electrons. The summed E-state index contributed by atoms with van der Waals surface area (Å²) in [6, 6.07) is 1.91. The summed E-state index contributed by atoms with van der Waals surface area (Å²) in [6.07, 6.45) is 1.12. The van der Waals surface area contributed by atoms with Crippen LogP contribution in [-0.2, 0) is 6.54 Å². The number of anilines is 1. The van der Waals surface area contributed by atoms with Gasteiger partial charge in [0.2, 0.25) is 11.3 Å². The van der Waals surface area contributed by atoms with Crippen LogP contribution in [0.2, 0.25) is 0 Å². The van der Waals surface area contributed by atoms with Gasteiger partial charge < -0.3 is 24.8 Å². The first-order chi connectivity index (χ1) is 15.6. The first-order valence-corrected chi connectivity index (χ1v) is 9.94. The first kappa shape index (κ1) is 24.1. The Morgan fingerprint density at radius 2 is 1.94 bits per heavy atom. The standard InChI is InChI=1S/C22H22F3N3O5/c1-10(2)17(9-29)28-8-14(22(31)32)19(30)13-6-16(21(33-3)27-20(13)28)26-7-11-4-12(23)5-15(24)18(11)25/h4-6,8,10,17,26,29H,7,9H2,1-3H3,(H,31,32). The van der Waals surface area contributed by atoms with Crippen LogP contribution in [0.25, 0.3) is 11.0 Å². The fraction of sp³-hybridized carbons (Fsp3) is 0.318. The molecule has 1 unspecified atom stereocenters. The van der Waals surface area contributed by atoms with Crippen molar-refractivity contribution in [1.29, 1.82) is 0 Å². The summed E-state index contributed by atoms with van der Waals surface area (Å²) < 4.78 is 47.7. The van der Waals surface area contributed by atoms with E-state index in [-0.39, 0.29) is 47.2 Å². The largest absolute Gasteiger partial charge is 0.479 e. The quantitative estimate of drug-likeness (QED) is 0.438. The summed E-state index contributed by atoms with van der Waals surface area (Å²) in [6.45, 7) is 2.90. The number of benzene rings is 1. The highest BCUT2D eigenvalue weighted by Gasteiger charge is 2.24. The van der Waals surface area contributed by atoms with E-state index in [0.29, 0.717) is 6.07 Å². The lowest BCUT2D eigenvalue weighted by atomic mass is 10.0. The zero-order valence-corrected chi connectivity index (χ0v) is 18.0. The van der Waals surface area contributed by atoms with E-state index in [0.717, 1.165) is 12.3 Å². The predicted octanol–water partition coefficient (Wildman–Crippen LogP) is 3.32. The molecule has 1 aromatic carbocycles. The van der Waals surface area contributed by atoms with Crippen molar-refractivity contribution in [1.82, 2.24) is 9.55 Å². The molecule has 3 rings (SSSR count). The molecule has 0 aliphatic heterocycles. The van der Waals surface area contributed by atoms with E-state index in [1.807, 2.05) is 13.8 Å². The Morgan fingerprint density at radius 1 is 1.24 bits per heavy atom. The first-order valence-electron chi connectivity index (χ1n) is 9.94. The molecule has 0 spiro atoms. The van der Waals surface area contributed by atoms with Crippen LogP contribution in [0, 0.1) is 23.4 Å². The molecule has 0 saturated carbocycles. The van der Waals surface area contributed by atoms with Crippen LogP contribution in [0.1, 0.15) is 35.8 Å². The number of hydrogen-bond acceptors (Lipinski definition) is 6. The van der Waals surface area contributed by atoms with Crippen molar-refractivity contribution in [2.24, 2.45) is 5.92 Å². The molecule has 0 aliphatic carbocycles. The molecular weight excluding hydrogens is 443 g/mol. The van der Waals surface area contributed by atoms with Crippen molar-refractivity contribution in [3.8, 4) is 5.88 Å². The van der Waals surface area contributed by atoms with Crippen LogP contribution in [0.5, 0.6) is 5.88 Å². The molecule has 11 heteroatoms. The van der Waals surface area contributed by atoms with E-state index in [2.05, 4.69) is 10.3 Å². The molecule has 2 aromatic heterocycles. The van der Waals surface area contributed by atoms with E-state index >= 15 is 0 Å². The van der Waals surface area contributed by atoms with Crippen LogP contribution >= 0.6 is 0 Å². The van der Waals surface area contributed by atoms with E-state index in [4.69, 9.17) is 4.74 Å². The number of carboxylic acids is 1. The lowest BCUT2D eigenvalue weighted by Crippen LogP contribution is -2.26. The van der Waals surface area contributed by atoms with Gasteiger partial charge in [-0.15, -0.1) is 0 Å². The fourth-order valence-electron chi connectivity index (χ4n) is 3.49. The number of methoxy groups -OCH3 is 1. The number of pyridine rings is 2. The van der Waals surface area contributed by atoms with Gasteiger partial charge in [0.1, 0.15) is 17.0 Å². The Labute approximate surface area is 186 Å². The Balaban J connectivity index is 2.19. The third-order valence-corrected chi connectivity index (χ3v) is 5.24. The van der Waals surface area contributed by atoms with Crippen LogP contribution < -0.4 is 15.5 Å². The highest BCUT2D eigenvalue weighted by atomic mass is 19.2. The third kappa shape index (κ3) is 4.63. The van der Waals surface area contributed by atoms with Gasteiger partial charge in [-0.3, -0.25) is 4.79 Å². The smallest absolute Gasteiger partial charge is 0.341 e. The summed E-state index contributed by atoms with van der Waals surface area (Å²) >= 11 is 0.